The number of aliphatic imine (C=N–C) groups is 1. The zero-order valence-corrected chi connectivity index (χ0v) is 24.1. The number of amides is 1. The number of hydrogen-bond donors (Lipinski definition) is 8. The molecule has 0 saturated carbocycles. The van der Waals surface area contributed by atoms with Crippen LogP contribution in [0.4, 0.5) is 11.6 Å². The van der Waals surface area contributed by atoms with Gasteiger partial charge < -0.3 is 37.8 Å². The number of guanidine groups is 1. The number of aromatic hydroxyl groups is 1. The minimum atomic E-state index is -0.705. The molecule has 3 rings (SSSR count). The average molecular weight is 599 g/mol. The van der Waals surface area contributed by atoms with Crippen molar-refractivity contribution in [1.29, 1.82) is 0 Å². The van der Waals surface area contributed by atoms with Gasteiger partial charge in [0.2, 0.25) is 0 Å². The van der Waals surface area contributed by atoms with Gasteiger partial charge in [0.1, 0.15) is 5.75 Å². The van der Waals surface area contributed by atoms with E-state index in [1.165, 1.54) is 17.2 Å². The monoisotopic (exact) mass is 598 g/mol. The van der Waals surface area contributed by atoms with E-state index < -0.39 is 12.0 Å². The number of nitrogens with zero attached hydrogens (tertiary/aromatic N) is 3. The Labute approximate surface area is 250 Å². The number of anilines is 2. The number of nitrogens with one attached hydrogen (secondary N) is 2. The molecule has 0 radical (unpaired) electrons. The Bertz CT molecular complexity index is 1350. The number of nitrogen functional groups attached to an aromatic ring is 2. The number of phenols is 1. The topological polar surface area (TPSA) is 218 Å². The molecule has 0 aliphatic rings. The van der Waals surface area contributed by atoms with Crippen LogP contribution >= 0.6 is 11.6 Å². The van der Waals surface area contributed by atoms with Crippen molar-refractivity contribution in [1.82, 2.24) is 20.6 Å². The fourth-order valence-electron chi connectivity index (χ4n) is 4.21. The lowest BCUT2D eigenvalue weighted by Crippen LogP contribution is -2.38. The van der Waals surface area contributed by atoms with Crippen LogP contribution in [0.3, 0.4) is 0 Å². The van der Waals surface area contributed by atoms with Crippen molar-refractivity contribution in [2.24, 2.45) is 10.7 Å². The van der Waals surface area contributed by atoms with Crippen molar-refractivity contribution in [2.45, 2.75) is 51.2 Å². The van der Waals surface area contributed by atoms with Gasteiger partial charge in [-0.15, -0.1) is 0 Å². The number of rotatable bonds is 15. The minimum Gasteiger partial charge on any atom is -0.508 e. The van der Waals surface area contributed by atoms with E-state index in [0.717, 1.165) is 45.1 Å². The largest absolute Gasteiger partial charge is 0.508 e. The Morgan fingerprint density at radius 3 is 2.31 bits per heavy atom. The predicted molar refractivity (Wildman–Crippen MR) is 164 cm³/mol. The normalized spacial score (nSPS) is 12.3. The summed E-state index contributed by atoms with van der Waals surface area (Å²) in [6.45, 7) is 1.37. The van der Waals surface area contributed by atoms with Crippen molar-refractivity contribution in [3.05, 3.63) is 75.6 Å². The predicted octanol–water partition coefficient (Wildman–Crippen LogP) is 2.21. The van der Waals surface area contributed by atoms with Gasteiger partial charge in [-0.2, -0.15) is 0 Å². The van der Waals surface area contributed by atoms with Gasteiger partial charge >= 0.3 is 0 Å². The lowest BCUT2D eigenvalue weighted by molar-refractivity contribution is 0.0972. The molecule has 0 saturated heterocycles. The molecule has 3 aromatic rings. The molecule has 2 aromatic carbocycles. The number of benzene rings is 2. The smallest absolute Gasteiger partial charge is 0.280 e. The lowest BCUT2D eigenvalue weighted by atomic mass is 10.0. The summed E-state index contributed by atoms with van der Waals surface area (Å²) < 4.78 is 0. The number of nitrogens with two attached hydrogens (primary N) is 3. The van der Waals surface area contributed by atoms with Crippen LogP contribution < -0.4 is 27.8 Å². The Morgan fingerprint density at radius 2 is 1.64 bits per heavy atom. The highest BCUT2D eigenvalue weighted by molar-refractivity contribution is 6.31. The van der Waals surface area contributed by atoms with E-state index >= 15 is 0 Å². The van der Waals surface area contributed by atoms with E-state index in [9.17, 15) is 20.1 Å². The number of carbonyl (C=O) groups is 1. The number of aromatic nitrogens is 2. The zero-order valence-electron chi connectivity index (χ0n) is 23.4. The molecule has 1 amide bonds. The second-order valence-corrected chi connectivity index (χ2v) is 10.2. The molecule has 11 N–H and O–H groups in total. The summed E-state index contributed by atoms with van der Waals surface area (Å²) in [6.07, 6.45) is 4.89. The summed E-state index contributed by atoms with van der Waals surface area (Å²) in [4.78, 5) is 24.0. The SMILES string of the molecule is NC(=NCCCCc1ccc(CCCCNC[C@H](O)c2ccc(O)c(CO)c2)cc1)NC(=O)c1nc(Cl)c(N)nc1N. The molecule has 13 heteroatoms. The third kappa shape index (κ3) is 10.1. The Hall–Kier alpha value is -3.97. The molecule has 42 heavy (non-hydrogen) atoms. The second-order valence-electron chi connectivity index (χ2n) is 9.85. The number of unbranched alkanes of at least 4 members (excludes halogenated alkanes) is 2. The van der Waals surface area contributed by atoms with Crippen LogP contribution in [0.5, 0.6) is 5.75 Å². The van der Waals surface area contributed by atoms with Crippen LogP contribution in [0.15, 0.2) is 47.5 Å². The Kier molecular flexibility index (Phi) is 12.8. The molecule has 0 unspecified atom stereocenters. The number of carbonyl (C=O) groups excluding carboxylic acids is 1. The third-order valence-corrected chi connectivity index (χ3v) is 6.88. The summed E-state index contributed by atoms with van der Waals surface area (Å²) >= 11 is 5.80. The summed E-state index contributed by atoms with van der Waals surface area (Å²) in [6, 6.07) is 13.4. The van der Waals surface area contributed by atoms with Gasteiger partial charge in [-0.3, -0.25) is 15.1 Å². The molecule has 0 fully saturated rings. The van der Waals surface area contributed by atoms with Gasteiger partial charge in [0.05, 0.1) is 12.7 Å². The first-order valence-electron chi connectivity index (χ1n) is 13.8. The summed E-state index contributed by atoms with van der Waals surface area (Å²) in [5.74, 6) is -0.897. The van der Waals surface area contributed by atoms with Crippen molar-refractivity contribution in [2.75, 3.05) is 31.1 Å². The summed E-state index contributed by atoms with van der Waals surface area (Å²) in [5, 5.41) is 34.8. The van der Waals surface area contributed by atoms with E-state index in [4.69, 9.17) is 28.8 Å². The van der Waals surface area contributed by atoms with Crippen molar-refractivity contribution < 1.29 is 20.1 Å². The van der Waals surface area contributed by atoms with Crippen LogP contribution in [0, 0.1) is 0 Å². The average Bonchev–Trinajstić information content (AvgIpc) is 2.97. The van der Waals surface area contributed by atoms with Crippen LogP contribution in [0.25, 0.3) is 0 Å². The van der Waals surface area contributed by atoms with Crippen LogP contribution in [-0.2, 0) is 19.4 Å². The van der Waals surface area contributed by atoms with E-state index in [1.54, 1.807) is 12.1 Å². The minimum absolute atomic E-state index is 0.0237. The Morgan fingerprint density at radius 1 is 0.976 bits per heavy atom. The maximum atomic E-state index is 12.3. The molecular weight excluding hydrogens is 560 g/mol. The fraction of sp³-hybridized carbons (Fsp3) is 0.379. The van der Waals surface area contributed by atoms with Crippen LogP contribution in [0.1, 0.15) is 64.5 Å². The first-order valence-corrected chi connectivity index (χ1v) is 14.1. The molecule has 0 aliphatic heterocycles. The first kappa shape index (κ1) is 32.5. The fourth-order valence-corrected chi connectivity index (χ4v) is 4.34. The van der Waals surface area contributed by atoms with Gasteiger partial charge in [-0.25, -0.2) is 9.97 Å². The number of aliphatic hydroxyl groups is 2. The number of hydrogen-bond acceptors (Lipinski definition) is 10. The standard InChI is InChI=1S/C29H39ClN8O4/c30-25-27(32)37-26(31)24(36-25)28(42)38-29(33)35-14-4-2-6-19-9-7-18(8-10-19)5-1-3-13-34-16-23(41)20-11-12-22(40)21(15-20)17-39/h7-12,15,23,34,39-41H,1-6,13-14,16-17H2,(H4,31,32,37)(H3,33,35,38,42)/t23-/m0/s1. The van der Waals surface area contributed by atoms with E-state index in [1.807, 2.05) is 0 Å². The van der Waals surface area contributed by atoms with E-state index in [-0.39, 0.29) is 40.8 Å². The molecule has 1 aromatic heterocycles. The number of aliphatic hydroxyl groups excluding tert-OH is 2. The number of halogens is 1. The molecule has 12 nitrogen and oxygen atoms in total. The van der Waals surface area contributed by atoms with Crippen LogP contribution in [-0.4, -0.2) is 56.8 Å². The van der Waals surface area contributed by atoms with Gasteiger partial charge in [-0.05, 0) is 73.9 Å². The molecule has 226 valence electrons. The van der Waals surface area contributed by atoms with Gasteiger partial charge in [-0.1, -0.05) is 41.9 Å². The summed E-state index contributed by atoms with van der Waals surface area (Å²) in [5.41, 5.74) is 20.4. The third-order valence-electron chi connectivity index (χ3n) is 6.61. The molecule has 0 bridgehead atoms. The highest BCUT2D eigenvalue weighted by atomic mass is 35.5. The Balaban J connectivity index is 1.27. The van der Waals surface area contributed by atoms with Crippen molar-refractivity contribution in [3.8, 4) is 5.75 Å². The van der Waals surface area contributed by atoms with Crippen molar-refractivity contribution in [3.63, 3.8) is 0 Å². The van der Waals surface area contributed by atoms with Crippen LogP contribution in [0.2, 0.25) is 5.15 Å². The van der Waals surface area contributed by atoms with Gasteiger partial charge in [0, 0.05) is 18.7 Å². The highest BCUT2D eigenvalue weighted by Gasteiger charge is 2.16. The van der Waals surface area contributed by atoms with E-state index in [2.05, 4.69) is 49.9 Å². The van der Waals surface area contributed by atoms with Gasteiger partial charge in [0.25, 0.3) is 5.91 Å². The van der Waals surface area contributed by atoms with Gasteiger partial charge in [0.15, 0.2) is 28.4 Å². The maximum Gasteiger partial charge on any atom is 0.280 e. The second kappa shape index (κ2) is 16.5. The summed E-state index contributed by atoms with van der Waals surface area (Å²) in [7, 11) is 0. The molecule has 0 spiro atoms. The molecule has 1 atom stereocenters. The molecule has 1 heterocycles. The quantitative estimate of drug-likeness (QED) is 0.0724. The molecular formula is C29H39ClN8O4. The van der Waals surface area contributed by atoms with E-state index in [0.29, 0.717) is 24.2 Å². The highest BCUT2D eigenvalue weighted by Crippen LogP contribution is 2.22. The van der Waals surface area contributed by atoms with Crippen molar-refractivity contribution >= 4 is 35.1 Å². The molecule has 0 aliphatic carbocycles. The lowest BCUT2D eigenvalue weighted by Gasteiger charge is -2.14. The number of aryl methyl sites for hydroxylation is 2. The first-order chi connectivity index (χ1) is 20.2. The maximum absolute atomic E-state index is 12.3. The zero-order chi connectivity index (χ0) is 30.5.